The van der Waals surface area contributed by atoms with Crippen LogP contribution >= 0.6 is 23.1 Å². The number of carbonyl (C=O) groups excluding carboxylic acids is 1. The van der Waals surface area contributed by atoms with Crippen LogP contribution in [0.4, 0.5) is 5.13 Å². The zero-order valence-electron chi connectivity index (χ0n) is 7.51. The summed E-state index contributed by atoms with van der Waals surface area (Å²) in [5.41, 5.74) is 0. The molecule has 0 aliphatic carbocycles. The Morgan fingerprint density at radius 2 is 2.43 bits per heavy atom. The summed E-state index contributed by atoms with van der Waals surface area (Å²) in [4.78, 5) is 12.9. The number of anilines is 1. The normalized spacial score (nSPS) is 22.0. The van der Waals surface area contributed by atoms with Crippen molar-refractivity contribution in [3.63, 3.8) is 0 Å². The SMILES string of the molecule is CSc1nnc(N2CC(O)CC2=O)s1. The number of rotatable bonds is 2. The van der Waals surface area contributed by atoms with Crippen LogP contribution in [-0.2, 0) is 4.79 Å². The number of hydrogen-bond donors (Lipinski definition) is 1. The van der Waals surface area contributed by atoms with Crippen LogP contribution < -0.4 is 4.90 Å². The van der Waals surface area contributed by atoms with Gasteiger partial charge in [0.25, 0.3) is 0 Å². The van der Waals surface area contributed by atoms with E-state index in [-0.39, 0.29) is 12.3 Å². The maximum atomic E-state index is 11.4. The predicted molar refractivity (Wildman–Crippen MR) is 54.7 cm³/mol. The number of hydrogen-bond acceptors (Lipinski definition) is 6. The Balaban J connectivity index is 2.18. The van der Waals surface area contributed by atoms with Crippen LogP contribution in [0.3, 0.4) is 0 Å². The average Bonchev–Trinajstić information content (AvgIpc) is 2.71. The number of aromatic nitrogens is 2. The second-order valence-corrected chi connectivity index (χ2v) is 4.93. The largest absolute Gasteiger partial charge is 0.391 e. The van der Waals surface area contributed by atoms with E-state index >= 15 is 0 Å². The standard InChI is InChI=1S/C7H9N3O2S2/c1-13-7-9-8-6(14-7)10-3-4(11)2-5(10)12/h4,11H,2-3H2,1H3. The van der Waals surface area contributed by atoms with Crippen LogP contribution in [0.5, 0.6) is 0 Å². The molecular weight excluding hydrogens is 222 g/mol. The van der Waals surface area contributed by atoms with Crippen LogP contribution in [0.1, 0.15) is 6.42 Å². The minimum atomic E-state index is -0.566. The van der Waals surface area contributed by atoms with Crippen LogP contribution in [0.2, 0.25) is 0 Å². The molecule has 1 saturated heterocycles. The van der Waals surface area contributed by atoms with Gasteiger partial charge in [-0.15, -0.1) is 10.2 Å². The number of aliphatic hydroxyl groups excluding tert-OH is 1. The second kappa shape index (κ2) is 3.84. The molecule has 1 atom stereocenters. The molecule has 1 N–H and O–H groups in total. The molecule has 7 heteroatoms. The second-order valence-electron chi connectivity index (χ2n) is 2.92. The number of β-amino-alcohol motifs (C(OH)–C–C–N with tert-alkyl or cyclic N) is 1. The van der Waals surface area contributed by atoms with Crippen molar-refractivity contribution in [2.75, 3.05) is 17.7 Å². The van der Waals surface area contributed by atoms with E-state index in [1.165, 1.54) is 28.0 Å². The van der Waals surface area contributed by atoms with Gasteiger partial charge in [0.05, 0.1) is 19.1 Å². The molecule has 1 aliphatic rings. The van der Waals surface area contributed by atoms with Crippen molar-refractivity contribution in [1.29, 1.82) is 0 Å². The van der Waals surface area contributed by atoms with E-state index in [0.717, 1.165) is 4.34 Å². The van der Waals surface area contributed by atoms with Crippen LogP contribution in [0, 0.1) is 0 Å². The molecule has 1 unspecified atom stereocenters. The molecule has 0 aromatic carbocycles. The van der Waals surface area contributed by atoms with Crippen molar-refractivity contribution >= 4 is 34.1 Å². The van der Waals surface area contributed by atoms with Gasteiger partial charge in [-0.2, -0.15) is 0 Å². The van der Waals surface area contributed by atoms with Gasteiger partial charge in [-0.3, -0.25) is 9.69 Å². The van der Waals surface area contributed by atoms with Crippen molar-refractivity contribution in [3.8, 4) is 0 Å². The number of thioether (sulfide) groups is 1. The zero-order chi connectivity index (χ0) is 10.1. The molecule has 1 aliphatic heterocycles. The number of aliphatic hydroxyl groups is 1. The molecule has 2 heterocycles. The minimum Gasteiger partial charge on any atom is -0.391 e. The Morgan fingerprint density at radius 3 is 2.93 bits per heavy atom. The molecule has 14 heavy (non-hydrogen) atoms. The third-order valence-corrected chi connectivity index (χ3v) is 3.83. The quantitative estimate of drug-likeness (QED) is 0.588. The molecule has 1 aromatic heterocycles. The zero-order valence-corrected chi connectivity index (χ0v) is 9.14. The van der Waals surface area contributed by atoms with E-state index in [4.69, 9.17) is 0 Å². The van der Waals surface area contributed by atoms with Crippen molar-refractivity contribution in [1.82, 2.24) is 10.2 Å². The summed E-state index contributed by atoms with van der Waals surface area (Å²) in [6.45, 7) is 0.335. The molecular formula is C7H9N3O2S2. The van der Waals surface area contributed by atoms with Crippen LogP contribution in [0.25, 0.3) is 0 Å². The van der Waals surface area contributed by atoms with E-state index in [1.54, 1.807) is 0 Å². The Hall–Kier alpha value is -0.660. The number of carbonyl (C=O) groups is 1. The lowest BCUT2D eigenvalue weighted by molar-refractivity contribution is -0.117. The molecule has 0 spiro atoms. The summed E-state index contributed by atoms with van der Waals surface area (Å²) >= 11 is 2.87. The van der Waals surface area contributed by atoms with Crippen LogP contribution in [0.15, 0.2) is 4.34 Å². The van der Waals surface area contributed by atoms with Crippen molar-refractivity contribution in [2.24, 2.45) is 0 Å². The fraction of sp³-hybridized carbons (Fsp3) is 0.571. The molecule has 0 bridgehead atoms. The fourth-order valence-corrected chi connectivity index (χ4v) is 2.55. The highest BCUT2D eigenvalue weighted by Crippen LogP contribution is 2.29. The lowest BCUT2D eigenvalue weighted by Gasteiger charge is -2.09. The third kappa shape index (κ3) is 1.75. The van der Waals surface area contributed by atoms with E-state index in [2.05, 4.69) is 10.2 Å². The maximum absolute atomic E-state index is 11.4. The van der Waals surface area contributed by atoms with Gasteiger partial charge in [0.1, 0.15) is 0 Å². The smallest absolute Gasteiger partial charge is 0.231 e. The van der Waals surface area contributed by atoms with Crippen molar-refractivity contribution < 1.29 is 9.90 Å². The summed E-state index contributed by atoms with van der Waals surface area (Å²) in [6, 6.07) is 0. The average molecular weight is 231 g/mol. The molecule has 5 nitrogen and oxygen atoms in total. The van der Waals surface area contributed by atoms with Crippen molar-refractivity contribution in [3.05, 3.63) is 0 Å². The Morgan fingerprint density at radius 1 is 1.64 bits per heavy atom. The highest BCUT2D eigenvalue weighted by atomic mass is 32.2. The Bertz CT molecular complexity index is 354. The molecule has 1 fully saturated rings. The first-order valence-electron chi connectivity index (χ1n) is 4.06. The van der Waals surface area contributed by atoms with Gasteiger partial charge in [-0.1, -0.05) is 23.1 Å². The topological polar surface area (TPSA) is 66.3 Å². The summed E-state index contributed by atoms with van der Waals surface area (Å²) in [5.74, 6) is -0.0821. The van der Waals surface area contributed by atoms with Gasteiger partial charge >= 0.3 is 0 Å². The highest BCUT2D eigenvalue weighted by molar-refractivity contribution is 8.00. The molecule has 2 rings (SSSR count). The third-order valence-electron chi connectivity index (χ3n) is 1.91. The molecule has 1 amide bonds. The highest BCUT2D eigenvalue weighted by Gasteiger charge is 2.31. The van der Waals surface area contributed by atoms with Gasteiger partial charge in [-0.05, 0) is 6.26 Å². The van der Waals surface area contributed by atoms with E-state index in [0.29, 0.717) is 11.7 Å². The number of amides is 1. The molecule has 1 aromatic rings. The van der Waals surface area contributed by atoms with E-state index in [9.17, 15) is 9.90 Å². The molecule has 76 valence electrons. The summed E-state index contributed by atoms with van der Waals surface area (Å²) < 4.78 is 0.828. The Labute approximate surface area is 89.1 Å². The monoisotopic (exact) mass is 231 g/mol. The van der Waals surface area contributed by atoms with Crippen molar-refractivity contribution in [2.45, 2.75) is 16.9 Å². The first-order valence-corrected chi connectivity index (χ1v) is 6.10. The predicted octanol–water partition coefficient (Wildman–Crippen LogP) is 0.358. The summed E-state index contributed by atoms with van der Waals surface area (Å²) in [7, 11) is 0. The minimum absolute atomic E-state index is 0.0821. The lowest BCUT2D eigenvalue weighted by Crippen LogP contribution is -2.24. The van der Waals surface area contributed by atoms with E-state index in [1.807, 2.05) is 6.26 Å². The maximum Gasteiger partial charge on any atom is 0.231 e. The van der Waals surface area contributed by atoms with Gasteiger partial charge < -0.3 is 5.11 Å². The fourth-order valence-electron chi connectivity index (χ4n) is 1.27. The summed E-state index contributed by atoms with van der Waals surface area (Å²) in [6.07, 6.45) is 1.53. The first kappa shape index (κ1) is 9.88. The Kier molecular flexibility index (Phi) is 2.71. The number of nitrogens with zero attached hydrogens (tertiary/aromatic N) is 3. The summed E-state index contributed by atoms with van der Waals surface area (Å²) in [5, 5.41) is 17.7. The van der Waals surface area contributed by atoms with Crippen LogP contribution in [-0.4, -0.2) is 40.1 Å². The first-order chi connectivity index (χ1) is 6.70. The molecule has 0 radical (unpaired) electrons. The van der Waals surface area contributed by atoms with Gasteiger partial charge in [0.2, 0.25) is 11.0 Å². The van der Waals surface area contributed by atoms with Gasteiger partial charge in [-0.25, -0.2) is 0 Å². The van der Waals surface area contributed by atoms with Gasteiger partial charge in [0, 0.05) is 0 Å². The molecule has 0 saturated carbocycles. The van der Waals surface area contributed by atoms with E-state index < -0.39 is 6.10 Å². The lowest BCUT2D eigenvalue weighted by atomic mass is 10.3. The van der Waals surface area contributed by atoms with Gasteiger partial charge in [0.15, 0.2) is 4.34 Å².